The molecule has 2 aliphatic rings. The minimum absolute atomic E-state index is 0.0502. The van der Waals surface area contributed by atoms with Gasteiger partial charge in [0.2, 0.25) is 5.91 Å². The molecule has 2 amide bonds. The van der Waals surface area contributed by atoms with Crippen LogP contribution in [0, 0.1) is 5.92 Å². The van der Waals surface area contributed by atoms with Gasteiger partial charge >= 0.3 is 0 Å². The van der Waals surface area contributed by atoms with Crippen molar-refractivity contribution in [3.05, 3.63) is 35.9 Å². The lowest BCUT2D eigenvalue weighted by molar-refractivity contribution is -0.127. The molecule has 28 heavy (non-hydrogen) atoms. The standard InChI is InChI=1S/C22H30N2O4/c1-27-19-10-9-18(16-20(19)28-2)22(26)24-14-12-23(13-15-24)21(25)11-8-17-6-4-3-5-7-17/h8-11,16-17H,3-7,12-15H2,1-2H3/b11-8+. The Labute approximate surface area is 167 Å². The maximum atomic E-state index is 12.8. The number of carbonyl (C=O) groups excluding carboxylic acids is 2. The summed E-state index contributed by atoms with van der Waals surface area (Å²) in [5.74, 6) is 1.69. The molecule has 0 aromatic heterocycles. The van der Waals surface area contributed by atoms with E-state index in [0.717, 1.165) is 0 Å². The first-order valence-corrected chi connectivity index (χ1v) is 10.1. The predicted octanol–water partition coefficient (Wildman–Crippen LogP) is 3.12. The zero-order valence-corrected chi connectivity index (χ0v) is 16.9. The van der Waals surface area contributed by atoms with Crippen LogP contribution in [0.3, 0.4) is 0 Å². The molecule has 1 heterocycles. The number of piperazine rings is 1. The van der Waals surface area contributed by atoms with Gasteiger partial charge in [0.05, 0.1) is 14.2 Å². The monoisotopic (exact) mass is 386 g/mol. The van der Waals surface area contributed by atoms with Gasteiger partial charge in [-0.1, -0.05) is 25.3 Å². The number of methoxy groups -OCH3 is 2. The van der Waals surface area contributed by atoms with Crippen molar-refractivity contribution < 1.29 is 19.1 Å². The van der Waals surface area contributed by atoms with Crippen molar-refractivity contribution in [3.63, 3.8) is 0 Å². The molecule has 0 spiro atoms. The van der Waals surface area contributed by atoms with Crippen LogP contribution < -0.4 is 9.47 Å². The highest BCUT2D eigenvalue weighted by Gasteiger charge is 2.25. The molecule has 152 valence electrons. The topological polar surface area (TPSA) is 59.1 Å². The third-order valence-corrected chi connectivity index (χ3v) is 5.67. The highest BCUT2D eigenvalue weighted by atomic mass is 16.5. The van der Waals surface area contributed by atoms with Gasteiger partial charge in [-0.3, -0.25) is 9.59 Å². The predicted molar refractivity (Wildman–Crippen MR) is 108 cm³/mol. The first-order valence-electron chi connectivity index (χ1n) is 10.1. The smallest absolute Gasteiger partial charge is 0.254 e. The maximum absolute atomic E-state index is 12.8. The number of nitrogens with zero attached hydrogens (tertiary/aromatic N) is 2. The van der Waals surface area contributed by atoms with Gasteiger partial charge in [-0.15, -0.1) is 0 Å². The van der Waals surface area contributed by atoms with Crippen molar-refractivity contribution in [1.82, 2.24) is 9.80 Å². The molecule has 0 radical (unpaired) electrons. The fourth-order valence-corrected chi connectivity index (χ4v) is 3.93. The van der Waals surface area contributed by atoms with Gasteiger partial charge in [-0.05, 0) is 43.0 Å². The van der Waals surface area contributed by atoms with Crippen molar-refractivity contribution in [2.24, 2.45) is 5.92 Å². The Morgan fingerprint density at radius 1 is 0.929 bits per heavy atom. The van der Waals surface area contributed by atoms with Crippen LogP contribution in [0.1, 0.15) is 42.5 Å². The number of ether oxygens (including phenoxy) is 2. The maximum Gasteiger partial charge on any atom is 0.254 e. The van der Waals surface area contributed by atoms with Crippen molar-refractivity contribution in [2.45, 2.75) is 32.1 Å². The summed E-state index contributed by atoms with van der Waals surface area (Å²) in [6.45, 7) is 2.20. The van der Waals surface area contributed by atoms with Gasteiger partial charge < -0.3 is 19.3 Å². The molecule has 6 nitrogen and oxygen atoms in total. The summed E-state index contributed by atoms with van der Waals surface area (Å²) >= 11 is 0. The summed E-state index contributed by atoms with van der Waals surface area (Å²) in [6, 6.07) is 5.18. The minimum atomic E-state index is -0.0502. The normalized spacial score (nSPS) is 18.4. The van der Waals surface area contributed by atoms with E-state index in [0.29, 0.717) is 49.2 Å². The van der Waals surface area contributed by atoms with Crippen molar-refractivity contribution in [1.29, 1.82) is 0 Å². The lowest BCUT2D eigenvalue weighted by atomic mass is 9.89. The highest BCUT2D eigenvalue weighted by molar-refractivity contribution is 5.95. The van der Waals surface area contributed by atoms with Gasteiger partial charge in [0.25, 0.3) is 5.91 Å². The van der Waals surface area contributed by atoms with E-state index in [4.69, 9.17) is 9.47 Å². The van der Waals surface area contributed by atoms with Crippen LogP contribution in [-0.2, 0) is 4.79 Å². The number of benzene rings is 1. The van der Waals surface area contributed by atoms with Crippen LogP contribution in [0.4, 0.5) is 0 Å². The molecule has 0 atom stereocenters. The summed E-state index contributed by atoms with van der Waals surface area (Å²) in [7, 11) is 3.12. The molecule has 1 saturated carbocycles. The molecule has 1 aromatic rings. The van der Waals surface area contributed by atoms with Gasteiger partial charge in [0, 0.05) is 31.7 Å². The number of carbonyl (C=O) groups is 2. The number of hydrogen-bond acceptors (Lipinski definition) is 4. The number of allylic oxidation sites excluding steroid dienone is 1. The molecule has 0 unspecified atom stereocenters. The zero-order valence-electron chi connectivity index (χ0n) is 16.9. The van der Waals surface area contributed by atoms with E-state index in [-0.39, 0.29) is 11.8 Å². The molecule has 1 aromatic carbocycles. The lowest BCUT2D eigenvalue weighted by Crippen LogP contribution is -2.50. The summed E-state index contributed by atoms with van der Waals surface area (Å²) in [6.07, 6.45) is 10.0. The van der Waals surface area contributed by atoms with Crippen LogP contribution in [0.25, 0.3) is 0 Å². The van der Waals surface area contributed by atoms with Crippen molar-refractivity contribution in [2.75, 3.05) is 40.4 Å². The minimum Gasteiger partial charge on any atom is -0.493 e. The van der Waals surface area contributed by atoms with E-state index < -0.39 is 0 Å². The van der Waals surface area contributed by atoms with Gasteiger partial charge in [-0.2, -0.15) is 0 Å². The Morgan fingerprint density at radius 3 is 2.21 bits per heavy atom. The van der Waals surface area contributed by atoms with Gasteiger partial charge in [-0.25, -0.2) is 0 Å². The molecule has 6 heteroatoms. The van der Waals surface area contributed by atoms with Crippen molar-refractivity contribution >= 4 is 11.8 Å². The van der Waals surface area contributed by atoms with Crippen LogP contribution in [0.15, 0.2) is 30.4 Å². The lowest BCUT2D eigenvalue weighted by Gasteiger charge is -2.34. The average Bonchev–Trinajstić information content (AvgIpc) is 2.77. The van der Waals surface area contributed by atoms with E-state index in [1.807, 2.05) is 4.90 Å². The highest BCUT2D eigenvalue weighted by Crippen LogP contribution is 2.28. The second-order valence-electron chi connectivity index (χ2n) is 7.44. The molecular weight excluding hydrogens is 356 g/mol. The molecule has 0 N–H and O–H groups in total. The summed E-state index contributed by atoms with van der Waals surface area (Å²) in [4.78, 5) is 28.9. The molecule has 1 aliphatic carbocycles. The largest absolute Gasteiger partial charge is 0.493 e. The fourth-order valence-electron chi connectivity index (χ4n) is 3.93. The van der Waals surface area contributed by atoms with Crippen LogP contribution in [0.5, 0.6) is 11.5 Å². The molecule has 1 aliphatic heterocycles. The summed E-state index contributed by atoms with van der Waals surface area (Å²) < 4.78 is 10.5. The SMILES string of the molecule is COc1ccc(C(=O)N2CCN(C(=O)/C=C/C3CCCCC3)CC2)cc1OC. The first kappa shape index (κ1) is 20.2. The summed E-state index contributed by atoms with van der Waals surface area (Å²) in [5, 5.41) is 0. The second kappa shape index (κ2) is 9.62. The number of rotatable bonds is 5. The zero-order chi connectivity index (χ0) is 19.9. The molecule has 0 bridgehead atoms. The molecule has 2 fully saturated rings. The fraction of sp³-hybridized carbons (Fsp3) is 0.545. The quantitative estimate of drug-likeness (QED) is 0.730. The average molecular weight is 386 g/mol. The van der Waals surface area contributed by atoms with Crippen LogP contribution in [0.2, 0.25) is 0 Å². The van der Waals surface area contributed by atoms with Crippen LogP contribution >= 0.6 is 0 Å². The molecule has 3 rings (SSSR count). The number of hydrogen-bond donors (Lipinski definition) is 0. The third-order valence-electron chi connectivity index (χ3n) is 5.67. The van der Waals surface area contributed by atoms with E-state index in [1.165, 1.54) is 32.1 Å². The third kappa shape index (κ3) is 4.86. The Kier molecular flexibility index (Phi) is 6.95. The van der Waals surface area contributed by atoms with E-state index >= 15 is 0 Å². The summed E-state index contributed by atoms with van der Waals surface area (Å²) in [5.41, 5.74) is 0.564. The van der Waals surface area contributed by atoms with Gasteiger partial charge in [0.1, 0.15) is 0 Å². The molecule has 1 saturated heterocycles. The molecular formula is C22H30N2O4. The van der Waals surface area contributed by atoms with E-state index in [2.05, 4.69) is 6.08 Å². The Bertz CT molecular complexity index is 717. The van der Waals surface area contributed by atoms with E-state index in [1.54, 1.807) is 43.4 Å². The van der Waals surface area contributed by atoms with Gasteiger partial charge in [0.15, 0.2) is 11.5 Å². The van der Waals surface area contributed by atoms with Crippen molar-refractivity contribution in [3.8, 4) is 11.5 Å². The Balaban J connectivity index is 1.53. The number of amides is 2. The van der Waals surface area contributed by atoms with Crippen LogP contribution in [-0.4, -0.2) is 62.0 Å². The first-order chi connectivity index (χ1) is 13.6. The second-order valence-corrected chi connectivity index (χ2v) is 7.44. The van der Waals surface area contributed by atoms with E-state index in [9.17, 15) is 9.59 Å². The Morgan fingerprint density at radius 2 is 1.57 bits per heavy atom. The Hall–Kier alpha value is -2.50.